The number of pyridine rings is 1. The monoisotopic (exact) mass is 433 g/mol. The number of nitrogens with one attached hydrogen (secondary N) is 2. The van der Waals surface area contributed by atoms with Gasteiger partial charge in [0.1, 0.15) is 12.1 Å². The highest BCUT2D eigenvalue weighted by Crippen LogP contribution is 2.19. The summed E-state index contributed by atoms with van der Waals surface area (Å²) >= 11 is 0. The molecule has 0 radical (unpaired) electrons. The number of anilines is 1. The molecule has 1 aliphatic rings. The van der Waals surface area contributed by atoms with Gasteiger partial charge in [-0.3, -0.25) is 4.99 Å². The van der Waals surface area contributed by atoms with E-state index in [1.54, 1.807) is 13.3 Å². The van der Waals surface area contributed by atoms with Crippen LogP contribution in [0.1, 0.15) is 16.8 Å². The smallest absolute Gasteiger partial charge is 0.226 e. The van der Waals surface area contributed by atoms with E-state index in [2.05, 4.69) is 73.6 Å². The quantitative estimate of drug-likeness (QED) is 0.457. The third-order valence-corrected chi connectivity index (χ3v) is 5.61. The fraction of sp³-hybridized carbons (Fsp3) is 0.375. The van der Waals surface area contributed by atoms with Gasteiger partial charge in [-0.2, -0.15) is 0 Å². The number of aliphatic imine (C=N–C) groups is 1. The van der Waals surface area contributed by atoms with Gasteiger partial charge < -0.3 is 24.9 Å². The first-order chi connectivity index (χ1) is 15.6. The SMILES string of the molecule is CN=C(NCc1ccc(N2CCN(C)CC2)nc1)NCc1coc(-c2ccc(C)cc2)n1. The van der Waals surface area contributed by atoms with E-state index in [0.29, 0.717) is 24.9 Å². The van der Waals surface area contributed by atoms with Crippen molar-refractivity contribution in [3.8, 4) is 11.5 Å². The van der Waals surface area contributed by atoms with Gasteiger partial charge in [-0.1, -0.05) is 23.8 Å². The van der Waals surface area contributed by atoms with Crippen molar-refractivity contribution in [3.63, 3.8) is 0 Å². The van der Waals surface area contributed by atoms with Crippen molar-refractivity contribution in [2.75, 3.05) is 45.2 Å². The van der Waals surface area contributed by atoms with Crippen molar-refractivity contribution in [1.82, 2.24) is 25.5 Å². The molecule has 0 bridgehead atoms. The molecule has 1 fully saturated rings. The molecule has 8 heteroatoms. The van der Waals surface area contributed by atoms with Crippen LogP contribution in [0.4, 0.5) is 5.82 Å². The van der Waals surface area contributed by atoms with E-state index in [9.17, 15) is 0 Å². The number of aromatic nitrogens is 2. The van der Waals surface area contributed by atoms with Crippen molar-refractivity contribution >= 4 is 11.8 Å². The Kier molecular flexibility index (Phi) is 7.01. The van der Waals surface area contributed by atoms with E-state index in [1.807, 2.05) is 18.3 Å². The van der Waals surface area contributed by atoms with Crippen LogP contribution in [0.3, 0.4) is 0 Å². The Morgan fingerprint density at radius 3 is 2.47 bits per heavy atom. The van der Waals surface area contributed by atoms with Gasteiger partial charge in [-0.05, 0) is 37.7 Å². The molecule has 8 nitrogen and oxygen atoms in total. The lowest BCUT2D eigenvalue weighted by Crippen LogP contribution is -2.44. The van der Waals surface area contributed by atoms with Crippen LogP contribution in [0, 0.1) is 6.92 Å². The molecule has 32 heavy (non-hydrogen) atoms. The molecule has 4 rings (SSSR count). The lowest BCUT2D eigenvalue weighted by molar-refractivity contribution is 0.312. The summed E-state index contributed by atoms with van der Waals surface area (Å²) in [4.78, 5) is 18.2. The molecule has 0 saturated carbocycles. The molecule has 0 unspecified atom stereocenters. The van der Waals surface area contributed by atoms with Crippen LogP contribution in [-0.4, -0.2) is 61.1 Å². The second-order valence-corrected chi connectivity index (χ2v) is 8.10. The van der Waals surface area contributed by atoms with Gasteiger partial charge in [0, 0.05) is 51.5 Å². The van der Waals surface area contributed by atoms with Crippen molar-refractivity contribution < 1.29 is 4.42 Å². The standard InChI is InChI=1S/C24H31N7O/c1-18-4-7-20(8-5-18)23-29-21(17-32-23)16-28-24(25-2)27-15-19-6-9-22(26-14-19)31-12-10-30(3)11-13-31/h4-9,14,17H,10-13,15-16H2,1-3H3,(H2,25,27,28). The summed E-state index contributed by atoms with van der Waals surface area (Å²) in [7, 11) is 3.91. The summed E-state index contributed by atoms with van der Waals surface area (Å²) in [5, 5.41) is 6.61. The van der Waals surface area contributed by atoms with Crippen LogP contribution < -0.4 is 15.5 Å². The van der Waals surface area contributed by atoms with E-state index >= 15 is 0 Å². The summed E-state index contributed by atoms with van der Waals surface area (Å²) in [6.45, 7) is 7.41. The van der Waals surface area contributed by atoms with Crippen LogP contribution in [0.2, 0.25) is 0 Å². The minimum Gasteiger partial charge on any atom is -0.444 e. The van der Waals surface area contributed by atoms with E-state index in [0.717, 1.165) is 48.8 Å². The molecule has 1 saturated heterocycles. The molecule has 3 heterocycles. The van der Waals surface area contributed by atoms with Gasteiger partial charge in [-0.25, -0.2) is 9.97 Å². The molecule has 2 aromatic heterocycles. The zero-order valence-electron chi connectivity index (χ0n) is 19.0. The number of hydrogen-bond acceptors (Lipinski definition) is 6. The Morgan fingerprint density at radius 2 is 1.78 bits per heavy atom. The largest absolute Gasteiger partial charge is 0.444 e. The third-order valence-electron chi connectivity index (χ3n) is 5.61. The number of oxazole rings is 1. The molecule has 0 atom stereocenters. The molecule has 1 aliphatic heterocycles. The molecule has 3 aromatic rings. The second kappa shape index (κ2) is 10.3. The Bertz CT molecular complexity index is 1020. The number of hydrogen-bond donors (Lipinski definition) is 2. The van der Waals surface area contributed by atoms with Crippen LogP contribution >= 0.6 is 0 Å². The topological polar surface area (TPSA) is 81.8 Å². The summed E-state index contributed by atoms with van der Waals surface area (Å²) in [5.41, 5.74) is 4.11. The maximum atomic E-state index is 5.63. The molecule has 0 amide bonds. The molecule has 0 aliphatic carbocycles. The molecule has 168 valence electrons. The number of guanidine groups is 1. The minimum atomic E-state index is 0.523. The van der Waals surface area contributed by atoms with Crippen molar-refractivity contribution in [2.24, 2.45) is 4.99 Å². The highest BCUT2D eigenvalue weighted by Gasteiger charge is 2.15. The molecule has 2 N–H and O–H groups in total. The predicted octanol–water partition coefficient (Wildman–Crippen LogP) is 2.66. The van der Waals surface area contributed by atoms with Crippen molar-refractivity contribution in [1.29, 1.82) is 0 Å². The maximum Gasteiger partial charge on any atom is 0.226 e. The van der Waals surface area contributed by atoms with E-state index < -0.39 is 0 Å². The van der Waals surface area contributed by atoms with Gasteiger partial charge in [-0.15, -0.1) is 0 Å². The lowest BCUT2D eigenvalue weighted by atomic mass is 10.1. The third kappa shape index (κ3) is 5.64. The Hall–Kier alpha value is -3.39. The number of likely N-dealkylation sites (N-methyl/N-ethyl adjacent to an activating group) is 1. The number of nitrogens with zero attached hydrogens (tertiary/aromatic N) is 5. The van der Waals surface area contributed by atoms with Crippen LogP contribution in [0.5, 0.6) is 0 Å². The Labute approximate surface area is 189 Å². The van der Waals surface area contributed by atoms with Crippen LogP contribution in [-0.2, 0) is 13.1 Å². The maximum absolute atomic E-state index is 5.63. The minimum absolute atomic E-state index is 0.523. The van der Waals surface area contributed by atoms with Crippen LogP contribution in [0.15, 0.2) is 58.3 Å². The van der Waals surface area contributed by atoms with Crippen molar-refractivity contribution in [2.45, 2.75) is 20.0 Å². The summed E-state index contributed by atoms with van der Waals surface area (Å²) in [5.74, 6) is 2.36. The first-order valence-corrected chi connectivity index (χ1v) is 10.9. The van der Waals surface area contributed by atoms with E-state index in [4.69, 9.17) is 4.42 Å². The van der Waals surface area contributed by atoms with Gasteiger partial charge in [0.05, 0.1) is 12.2 Å². The molecule has 1 aromatic carbocycles. The first kappa shape index (κ1) is 21.8. The van der Waals surface area contributed by atoms with Crippen LogP contribution in [0.25, 0.3) is 11.5 Å². The average molecular weight is 434 g/mol. The summed E-state index contributed by atoms with van der Waals surface area (Å²) < 4.78 is 5.63. The molecule has 0 spiro atoms. The van der Waals surface area contributed by atoms with Gasteiger partial charge in [0.25, 0.3) is 0 Å². The van der Waals surface area contributed by atoms with Gasteiger partial charge in [0.15, 0.2) is 5.96 Å². The summed E-state index contributed by atoms with van der Waals surface area (Å²) in [6.07, 6.45) is 3.61. The Morgan fingerprint density at radius 1 is 1.03 bits per heavy atom. The summed E-state index contributed by atoms with van der Waals surface area (Å²) in [6, 6.07) is 12.3. The first-order valence-electron chi connectivity index (χ1n) is 10.9. The lowest BCUT2D eigenvalue weighted by Gasteiger charge is -2.33. The predicted molar refractivity (Wildman–Crippen MR) is 128 cm³/mol. The second-order valence-electron chi connectivity index (χ2n) is 8.10. The number of rotatable bonds is 6. The Balaban J connectivity index is 1.26. The highest BCUT2D eigenvalue weighted by atomic mass is 16.3. The fourth-order valence-corrected chi connectivity index (χ4v) is 3.54. The van der Waals surface area contributed by atoms with E-state index in [-0.39, 0.29) is 0 Å². The molecular formula is C24H31N7O. The van der Waals surface area contributed by atoms with Gasteiger partial charge >= 0.3 is 0 Å². The number of piperazine rings is 1. The zero-order chi connectivity index (χ0) is 22.3. The normalized spacial score (nSPS) is 15.1. The average Bonchev–Trinajstić information content (AvgIpc) is 3.30. The molecular weight excluding hydrogens is 402 g/mol. The fourth-order valence-electron chi connectivity index (χ4n) is 3.54. The highest BCUT2D eigenvalue weighted by molar-refractivity contribution is 5.79. The van der Waals surface area contributed by atoms with Gasteiger partial charge in [0.2, 0.25) is 5.89 Å². The number of aryl methyl sites for hydroxylation is 1. The van der Waals surface area contributed by atoms with Crippen molar-refractivity contribution in [3.05, 3.63) is 65.7 Å². The number of benzene rings is 1. The van der Waals surface area contributed by atoms with E-state index in [1.165, 1.54) is 5.56 Å². The zero-order valence-corrected chi connectivity index (χ0v) is 19.0.